The van der Waals surface area contributed by atoms with Crippen molar-refractivity contribution in [2.24, 2.45) is 13.0 Å². The van der Waals surface area contributed by atoms with E-state index >= 15 is 8.78 Å². The van der Waals surface area contributed by atoms with Crippen molar-refractivity contribution in [2.75, 3.05) is 55.0 Å². The number of hydrogen-bond donors (Lipinski definition) is 2. The molecule has 4 atom stereocenters. The second kappa shape index (κ2) is 16.3. The zero-order chi connectivity index (χ0) is 44.6. The van der Waals surface area contributed by atoms with Gasteiger partial charge in [0.05, 0.1) is 72.5 Å². The normalized spacial score (nSPS) is 26.1. The van der Waals surface area contributed by atoms with Crippen LogP contribution in [0.2, 0.25) is 0 Å². The highest BCUT2D eigenvalue weighted by Crippen LogP contribution is 2.40. The monoisotopic (exact) mass is 890 g/mol. The molecular weight excluding hydrogens is 841 g/mol. The molecule has 5 aliphatic rings. The number of ether oxygens (including phenoxy) is 1. The van der Waals surface area contributed by atoms with E-state index in [0.717, 1.165) is 12.8 Å². The second-order valence-corrected chi connectivity index (χ2v) is 18.0. The average molecular weight is 891 g/mol. The molecule has 5 fully saturated rings. The standard InChI is InChI=1S/C43H50F4N12O5/c1-53(33-14-16-55(23-43(33,46)47)30-4-3-5-31-37(30)54(2)42(63)59(31)32-12-13-35(60)51-41(32)62)19-24-6-8-25(9-7-24)57-20-29(36(52-57)38(44)45)49-40(61)28-18-48-56-17-15-34(50-39(28)56)58-26-10-11-27(58)22-64-21-26/h3-5,15,17-18,20,24-27,32-33,38H,6-14,16,19,21-23H2,1-2H3,(H,49,61)(H,51,60,62)/t24-,25-,26?,27?,32?,33?. The van der Waals surface area contributed by atoms with Crippen molar-refractivity contribution in [2.45, 2.75) is 100 Å². The van der Waals surface area contributed by atoms with Crippen LogP contribution in [0.1, 0.15) is 92.3 Å². The second-order valence-electron chi connectivity index (χ2n) is 18.0. The van der Waals surface area contributed by atoms with Gasteiger partial charge in [-0.15, -0.1) is 0 Å². The van der Waals surface area contributed by atoms with E-state index < -0.39 is 60.1 Å². The molecule has 0 spiro atoms. The molecule has 1 aliphatic carbocycles. The van der Waals surface area contributed by atoms with Crippen LogP contribution in [0.4, 0.5) is 34.8 Å². The van der Waals surface area contributed by atoms with E-state index in [1.807, 2.05) is 6.07 Å². The number of imide groups is 1. The zero-order valence-corrected chi connectivity index (χ0v) is 35.5. The molecule has 10 rings (SSSR count). The molecule has 5 aromatic rings. The third-order valence-corrected chi connectivity index (χ3v) is 14.1. The summed E-state index contributed by atoms with van der Waals surface area (Å²) in [4.78, 5) is 61.9. The number of piperidine rings is 2. The van der Waals surface area contributed by atoms with E-state index in [4.69, 9.17) is 9.72 Å². The van der Waals surface area contributed by atoms with Crippen LogP contribution in [-0.2, 0) is 21.4 Å². The first kappa shape index (κ1) is 42.1. The highest BCUT2D eigenvalue weighted by Gasteiger charge is 2.48. The lowest BCUT2D eigenvalue weighted by Crippen LogP contribution is -2.58. The van der Waals surface area contributed by atoms with Gasteiger partial charge in [0.25, 0.3) is 18.3 Å². The van der Waals surface area contributed by atoms with Crippen molar-refractivity contribution in [3.8, 4) is 0 Å². The molecule has 2 N–H and O–H groups in total. The van der Waals surface area contributed by atoms with Gasteiger partial charge in [-0.3, -0.25) is 38.4 Å². The van der Waals surface area contributed by atoms with Crippen molar-refractivity contribution >= 4 is 51.6 Å². The largest absolute Gasteiger partial charge is 0.377 e. The topological polar surface area (TPSA) is 169 Å². The van der Waals surface area contributed by atoms with Gasteiger partial charge >= 0.3 is 5.69 Å². The fraction of sp³-hybridized carbons (Fsp3) is 0.558. The number of alkyl halides is 4. The summed E-state index contributed by atoms with van der Waals surface area (Å²) >= 11 is 0. The lowest BCUT2D eigenvalue weighted by atomic mass is 9.85. The minimum Gasteiger partial charge on any atom is -0.377 e. The number of aromatic nitrogens is 7. The Morgan fingerprint density at radius 3 is 2.48 bits per heavy atom. The number of para-hydroxylation sites is 1. The van der Waals surface area contributed by atoms with Crippen LogP contribution < -0.4 is 26.1 Å². The van der Waals surface area contributed by atoms with Gasteiger partial charge in [-0.2, -0.15) is 10.2 Å². The number of halogens is 4. The van der Waals surface area contributed by atoms with E-state index in [1.165, 1.54) is 30.7 Å². The molecule has 0 radical (unpaired) electrons. The molecule has 8 heterocycles. The minimum atomic E-state index is -3.11. The molecule has 4 unspecified atom stereocenters. The number of morpholine rings is 1. The van der Waals surface area contributed by atoms with Gasteiger partial charge < -0.3 is 19.9 Å². The van der Waals surface area contributed by atoms with Gasteiger partial charge in [0, 0.05) is 39.0 Å². The molecule has 17 nitrogen and oxygen atoms in total. The van der Waals surface area contributed by atoms with Crippen LogP contribution in [0.5, 0.6) is 0 Å². The van der Waals surface area contributed by atoms with Crippen LogP contribution >= 0.6 is 0 Å². The third-order valence-electron chi connectivity index (χ3n) is 14.1. The molecule has 340 valence electrons. The Kier molecular flexibility index (Phi) is 10.7. The fourth-order valence-corrected chi connectivity index (χ4v) is 10.9. The van der Waals surface area contributed by atoms with E-state index in [-0.39, 0.29) is 54.6 Å². The van der Waals surface area contributed by atoms with Crippen LogP contribution in [0, 0.1) is 5.92 Å². The van der Waals surface area contributed by atoms with Gasteiger partial charge in [0.1, 0.15) is 17.4 Å². The maximum atomic E-state index is 16.2. The van der Waals surface area contributed by atoms with Gasteiger partial charge in [0.2, 0.25) is 11.8 Å². The Labute approximate surface area is 364 Å². The number of nitrogens with one attached hydrogen (secondary N) is 2. The Balaban J connectivity index is 0.774. The van der Waals surface area contributed by atoms with Crippen molar-refractivity contribution in [1.82, 2.24) is 43.7 Å². The maximum Gasteiger partial charge on any atom is 0.329 e. The zero-order valence-electron chi connectivity index (χ0n) is 35.5. The smallest absolute Gasteiger partial charge is 0.329 e. The molecule has 1 aromatic carbocycles. The predicted molar refractivity (Wildman–Crippen MR) is 226 cm³/mol. The molecule has 2 bridgehead atoms. The summed E-state index contributed by atoms with van der Waals surface area (Å²) in [5.41, 5.74) is 0.694. The molecule has 3 amide bonds. The van der Waals surface area contributed by atoms with Crippen LogP contribution in [0.25, 0.3) is 16.7 Å². The van der Waals surface area contributed by atoms with Gasteiger partial charge in [-0.25, -0.2) is 31.9 Å². The minimum absolute atomic E-state index is 0.0878. The van der Waals surface area contributed by atoms with E-state index in [0.29, 0.717) is 80.2 Å². The first-order valence-corrected chi connectivity index (χ1v) is 22.0. The lowest BCUT2D eigenvalue weighted by Gasteiger charge is -2.44. The number of anilines is 3. The molecule has 1 saturated carbocycles. The predicted octanol–water partition coefficient (Wildman–Crippen LogP) is 4.69. The molecule has 4 aliphatic heterocycles. The van der Waals surface area contributed by atoms with Crippen LogP contribution in [0.15, 0.2) is 47.7 Å². The van der Waals surface area contributed by atoms with Crippen LogP contribution in [0.3, 0.4) is 0 Å². The van der Waals surface area contributed by atoms with Crippen molar-refractivity contribution in [3.05, 3.63) is 64.6 Å². The summed E-state index contributed by atoms with van der Waals surface area (Å²) < 4.78 is 72.5. The number of rotatable bonds is 10. The fourth-order valence-electron chi connectivity index (χ4n) is 10.9. The summed E-state index contributed by atoms with van der Waals surface area (Å²) in [6.07, 6.45) is 6.53. The first-order chi connectivity index (χ1) is 30.8. The van der Waals surface area contributed by atoms with E-state index in [1.54, 1.807) is 48.3 Å². The molecular formula is C43H50F4N12O5. The molecule has 4 aromatic heterocycles. The third kappa shape index (κ3) is 7.38. The SMILES string of the molecule is CN(C[C@H]1CC[C@H](n2cc(NC(=O)c3cnn4ccc(N5C6CCC5COC6)nc34)c(C(F)F)n2)CC1)C1CCN(c2cccc3c2n(C)c(=O)n3C2CCC(=O)NC2=O)CC1(F)F. The Morgan fingerprint density at radius 1 is 1.02 bits per heavy atom. The highest BCUT2D eigenvalue weighted by molar-refractivity contribution is 6.08. The highest BCUT2D eigenvalue weighted by atomic mass is 19.3. The number of nitrogens with zero attached hydrogens (tertiary/aromatic N) is 10. The number of carbonyl (C=O) groups is 3. The molecule has 4 saturated heterocycles. The summed E-state index contributed by atoms with van der Waals surface area (Å²) in [6, 6.07) is 5.18. The van der Waals surface area contributed by atoms with Gasteiger partial charge in [0.15, 0.2) is 11.3 Å². The number of carbonyl (C=O) groups excluding carboxylic acids is 3. The van der Waals surface area contributed by atoms with Crippen molar-refractivity contribution < 1.29 is 36.7 Å². The molecule has 21 heteroatoms. The number of imidazole rings is 1. The van der Waals surface area contributed by atoms with E-state index in [9.17, 15) is 28.0 Å². The lowest BCUT2D eigenvalue weighted by molar-refractivity contribution is -0.135. The van der Waals surface area contributed by atoms with Gasteiger partial charge in [-0.05, 0) is 82.5 Å². The number of aryl methyl sites for hydroxylation is 1. The van der Waals surface area contributed by atoms with Crippen molar-refractivity contribution in [1.29, 1.82) is 0 Å². The number of benzene rings is 1. The van der Waals surface area contributed by atoms with Crippen LogP contribution in [-0.4, -0.2) is 120 Å². The van der Waals surface area contributed by atoms with E-state index in [2.05, 4.69) is 25.7 Å². The average Bonchev–Trinajstić information content (AvgIpc) is 4.01. The summed E-state index contributed by atoms with van der Waals surface area (Å²) in [5, 5.41) is 13.5. The van der Waals surface area contributed by atoms with Crippen molar-refractivity contribution in [3.63, 3.8) is 0 Å². The number of fused-ring (bicyclic) bond motifs is 4. The molecule has 64 heavy (non-hydrogen) atoms. The Morgan fingerprint density at radius 2 is 1.77 bits per heavy atom. The Bertz CT molecular complexity index is 2670. The summed E-state index contributed by atoms with van der Waals surface area (Å²) in [6.45, 7) is 1.38. The van der Waals surface area contributed by atoms with Gasteiger partial charge in [-0.1, -0.05) is 6.07 Å². The summed E-state index contributed by atoms with van der Waals surface area (Å²) in [5.74, 6) is -3.91. The first-order valence-electron chi connectivity index (χ1n) is 22.0. The summed E-state index contributed by atoms with van der Waals surface area (Å²) in [7, 11) is 3.27. The number of hydrogen-bond acceptors (Lipinski definition) is 11. The number of amides is 3. The maximum absolute atomic E-state index is 16.2. The quantitative estimate of drug-likeness (QED) is 0.148. The Hall–Kier alpha value is -5.83.